The lowest BCUT2D eigenvalue weighted by atomic mass is 9.83. The summed E-state index contributed by atoms with van der Waals surface area (Å²) < 4.78 is 0. The van der Waals surface area contributed by atoms with Gasteiger partial charge in [0.05, 0.1) is 12.5 Å². The Bertz CT molecular complexity index is 1040. The number of ketones is 1. The maximum atomic E-state index is 13.2. The molecule has 2 atom stereocenters. The quantitative estimate of drug-likeness (QED) is 0.790. The first kappa shape index (κ1) is 20.2. The Morgan fingerprint density at radius 1 is 1.10 bits per heavy atom. The van der Waals surface area contributed by atoms with Gasteiger partial charge in [0, 0.05) is 41.7 Å². The number of carbonyl (C=O) groups excluding carboxylic acids is 2. The number of amides is 1. The fourth-order valence-corrected chi connectivity index (χ4v) is 5.01. The molecule has 2 N–H and O–H groups in total. The average Bonchev–Trinajstić information content (AvgIpc) is 2.90. The third-order valence-corrected chi connectivity index (χ3v) is 6.64. The Kier molecular flexibility index (Phi) is 4.92. The second kappa shape index (κ2) is 7.31. The van der Waals surface area contributed by atoms with Gasteiger partial charge in [-0.05, 0) is 36.6 Å². The van der Waals surface area contributed by atoms with Crippen LogP contribution in [-0.4, -0.2) is 31.3 Å². The van der Waals surface area contributed by atoms with E-state index in [1.807, 2.05) is 50.4 Å². The van der Waals surface area contributed by atoms with E-state index in [-0.39, 0.29) is 35.6 Å². The standard InChI is InChI=1S/C25H29N3O2/c1-16-13-19(24(26)30)18-9-5-7-11-21(18)28(16)15-17(29)14-23-25(2,3)20-10-6-8-12-22(20)27(23)4/h5-12,14,16,19H,13,15H2,1-4H3,(H2,26,30)/b23-14-/t16-,19-/m1/s1. The van der Waals surface area contributed by atoms with Gasteiger partial charge in [-0.25, -0.2) is 0 Å². The summed E-state index contributed by atoms with van der Waals surface area (Å²) in [5.74, 6) is -0.568. The van der Waals surface area contributed by atoms with Gasteiger partial charge in [0.25, 0.3) is 0 Å². The Morgan fingerprint density at radius 3 is 2.40 bits per heavy atom. The molecule has 5 nitrogen and oxygen atoms in total. The van der Waals surface area contributed by atoms with E-state index in [1.54, 1.807) is 6.08 Å². The zero-order valence-electron chi connectivity index (χ0n) is 18.1. The number of carbonyl (C=O) groups is 2. The summed E-state index contributed by atoms with van der Waals surface area (Å²) in [7, 11) is 2.02. The van der Waals surface area contributed by atoms with Gasteiger partial charge in [-0.2, -0.15) is 0 Å². The summed E-state index contributed by atoms with van der Waals surface area (Å²) in [6.07, 6.45) is 2.41. The van der Waals surface area contributed by atoms with E-state index in [9.17, 15) is 9.59 Å². The van der Waals surface area contributed by atoms with Crippen LogP contribution in [0.15, 0.2) is 60.3 Å². The maximum Gasteiger partial charge on any atom is 0.225 e. The van der Waals surface area contributed by atoms with Crippen LogP contribution in [0.2, 0.25) is 0 Å². The molecule has 2 aromatic carbocycles. The minimum absolute atomic E-state index is 0.0475. The molecule has 2 aliphatic rings. The van der Waals surface area contributed by atoms with Crippen molar-refractivity contribution in [2.24, 2.45) is 5.73 Å². The molecule has 0 aliphatic carbocycles. The van der Waals surface area contributed by atoms with Crippen molar-refractivity contribution in [3.63, 3.8) is 0 Å². The number of para-hydroxylation sites is 2. The zero-order chi connectivity index (χ0) is 21.6. The van der Waals surface area contributed by atoms with Gasteiger partial charge in [-0.3, -0.25) is 9.59 Å². The van der Waals surface area contributed by atoms with E-state index in [4.69, 9.17) is 5.73 Å². The number of fused-ring (bicyclic) bond motifs is 2. The molecule has 0 fully saturated rings. The molecule has 2 aliphatic heterocycles. The molecular weight excluding hydrogens is 374 g/mol. The number of hydrogen-bond donors (Lipinski definition) is 1. The molecule has 2 aromatic rings. The molecule has 0 saturated carbocycles. The Morgan fingerprint density at radius 2 is 1.73 bits per heavy atom. The van der Waals surface area contributed by atoms with Gasteiger partial charge in [0.2, 0.25) is 5.91 Å². The molecular formula is C25H29N3O2. The van der Waals surface area contributed by atoms with Crippen molar-refractivity contribution in [3.8, 4) is 0 Å². The minimum Gasteiger partial charge on any atom is -0.369 e. The highest BCUT2D eigenvalue weighted by atomic mass is 16.1. The van der Waals surface area contributed by atoms with E-state index in [0.29, 0.717) is 6.42 Å². The van der Waals surface area contributed by atoms with Crippen LogP contribution in [0.5, 0.6) is 0 Å². The van der Waals surface area contributed by atoms with Crippen molar-refractivity contribution in [1.82, 2.24) is 0 Å². The molecule has 5 heteroatoms. The summed E-state index contributed by atoms with van der Waals surface area (Å²) >= 11 is 0. The lowest BCUT2D eigenvalue weighted by Gasteiger charge is -2.39. The summed E-state index contributed by atoms with van der Waals surface area (Å²) in [6.45, 7) is 6.64. The monoisotopic (exact) mass is 403 g/mol. The number of rotatable bonds is 4. The first-order valence-electron chi connectivity index (χ1n) is 10.4. The van der Waals surface area contributed by atoms with Gasteiger partial charge in [-0.15, -0.1) is 0 Å². The largest absolute Gasteiger partial charge is 0.369 e. The average molecular weight is 404 g/mol. The number of allylic oxidation sites excluding steroid dienone is 1. The minimum atomic E-state index is -0.311. The zero-order valence-corrected chi connectivity index (χ0v) is 18.1. The van der Waals surface area contributed by atoms with E-state index in [0.717, 1.165) is 22.6 Å². The molecule has 0 radical (unpaired) electrons. The highest BCUT2D eigenvalue weighted by Crippen LogP contribution is 2.46. The van der Waals surface area contributed by atoms with Crippen molar-refractivity contribution in [3.05, 3.63) is 71.4 Å². The van der Waals surface area contributed by atoms with Gasteiger partial charge in [-0.1, -0.05) is 50.2 Å². The fraction of sp³-hybridized carbons (Fsp3) is 0.360. The lowest BCUT2D eigenvalue weighted by Crippen LogP contribution is -2.44. The molecule has 4 rings (SSSR count). The summed E-state index contributed by atoms with van der Waals surface area (Å²) in [6, 6.07) is 16.1. The molecule has 0 bridgehead atoms. The first-order valence-corrected chi connectivity index (χ1v) is 10.4. The SMILES string of the molecule is C[C@@H]1C[C@@H](C(N)=O)c2ccccc2N1CC(=O)/C=C1\N(C)c2ccccc2C1(C)C. The Hall–Kier alpha value is -3.08. The molecule has 0 unspecified atom stereocenters. The van der Waals surface area contributed by atoms with Gasteiger partial charge in [0.15, 0.2) is 5.78 Å². The highest BCUT2D eigenvalue weighted by Gasteiger charge is 2.39. The second-order valence-electron chi connectivity index (χ2n) is 8.92. The van der Waals surface area contributed by atoms with E-state index < -0.39 is 0 Å². The van der Waals surface area contributed by atoms with Crippen molar-refractivity contribution in [1.29, 1.82) is 0 Å². The molecule has 2 heterocycles. The number of primary amides is 1. The van der Waals surface area contributed by atoms with Crippen molar-refractivity contribution in [2.75, 3.05) is 23.4 Å². The number of nitrogens with two attached hydrogens (primary N) is 1. The highest BCUT2D eigenvalue weighted by molar-refractivity contribution is 5.96. The van der Waals surface area contributed by atoms with E-state index in [2.05, 4.69) is 35.8 Å². The summed E-state index contributed by atoms with van der Waals surface area (Å²) in [5.41, 5.74) is 10.6. The smallest absolute Gasteiger partial charge is 0.225 e. The van der Waals surface area contributed by atoms with Gasteiger partial charge < -0.3 is 15.5 Å². The number of anilines is 2. The lowest BCUT2D eigenvalue weighted by molar-refractivity contribution is -0.119. The number of nitrogens with zero attached hydrogens (tertiary/aromatic N) is 2. The van der Waals surface area contributed by atoms with Gasteiger partial charge in [0.1, 0.15) is 0 Å². The van der Waals surface area contributed by atoms with Crippen LogP contribution in [0.4, 0.5) is 11.4 Å². The molecule has 156 valence electrons. The first-order chi connectivity index (χ1) is 14.2. The predicted octanol–water partition coefficient (Wildman–Crippen LogP) is 3.73. The molecule has 0 aromatic heterocycles. The van der Waals surface area contributed by atoms with Crippen LogP contribution < -0.4 is 15.5 Å². The topological polar surface area (TPSA) is 66.6 Å². The number of benzene rings is 2. The predicted molar refractivity (Wildman–Crippen MR) is 121 cm³/mol. The molecule has 0 spiro atoms. The van der Waals surface area contributed by atoms with Crippen molar-refractivity contribution >= 4 is 23.1 Å². The summed E-state index contributed by atoms with van der Waals surface area (Å²) in [4.78, 5) is 29.4. The van der Waals surface area contributed by atoms with Crippen LogP contribution in [0.3, 0.4) is 0 Å². The molecule has 30 heavy (non-hydrogen) atoms. The Labute approximate surface area is 178 Å². The normalized spacial score (nSPS) is 23.3. The number of likely N-dealkylation sites (N-methyl/N-ethyl adjacent to an activating group) is 1. The number of hydrogen-bond acceptors (Lipinski definition) is 4. The second-order valence-corrected chi connectivity index (χ2v) is 8.92. The van der Waals surface area contributed by atoms with E-state index in [1.165, 1.54) is 5.56 Å². The third-order valence-electron chi connectivity index (χ3n) is 6.64. The van der Waals surface area contributed by atoms with Crippen LogP contribution in [0, 0.1) is 0 Å². The van der Waals surface area contributed by atoms with Crippen LogP contribution in [0.25, 0.3) is 0 Å². The van der Waals surface area contributed by atoms with Crippen LogP contribution in [-0.2, 0) is 15.0 Å². The van der Waals surface area contributed by atoms with Gasteiger partial charge >= 0.3 is 0 Å². The van der Waals surface area contributed by atoms with Crippen LogP contribution >= 0.6 is 0 Å². The summed E-state index contributed by atoms with van der Waals surface area (Å²) in [5, 5.41) is 0. The van der Waals surface area contributed by atoms with Crippen molar-refractivity contribution in [2.45, 2.75) is 44.6 Å². The maximum absolute atomic E-state index is 13.2. The molecule has 1 amide bonds. The third kappa shape index (κ3) is 3.18. The Balaban J connectivity index is 1.63. The fourth-order valence-electron chi connectivity index (χ4n) is 5.01. The molecule has 0 saturated heterocycles. The van der Waals surface area contributed by atoms with E-state index >= 15 is 0 Å². The van der Waals surface area contributed by atoms with Crippen molar-refractivity contribution < 1.29 is 9.59 Å². The van der Waals surface area contributed by atoms with Crippen LogP contribution in [0.1, 0.15) is 44.2 Å².